The van der Waals surface area contributed by atoms with E-state index >= 15 is 0 Å². The summed E-state index contributed by atoms with van der Waals surface area (Å²) in [5.41, 5.74) is 2.14. The van der Waals surface area contributed by atoms with Gasteiger partial charge in [-0.25, -0.2) is 4.98 Å². The van der Waals surface area contributed by atoms with Crippen molar-refractivity contribution in [2.24, 2.45) is 0 Å². The van der Waals surface area contributed by atoms with E-state index in [1.165, 1.54) is 0 Å². The van der Waals surface area contributed by atoms with E-state index in [-0.39, 0.29) is 0 Å². The molecule has 0 aliphatic heterocycles. The molecule has 100 valence electrons. The maximum Gasteiger partial charge on any atom is 0.224 e. The standard InChI is InChI=1S/C14H17ClN4/c1-3-16-14-18-8-10(2)13(19-14)17-9-11-5-4-6-12(15)7-11/h4-8H,3,9H2,1-2H3,(H2,16,17,18,19). The lowest BCUT2D eigenvalue weighted by Gasteiger charge is -2.10. The van der Waals surface area contributed by atoms with Crippen molar-refractivity contribution >= 4 is 23.4 Å². The van der Waals surface area contributed by atoms with Gasteiger partial charge in [0, 0.05) is 29.9 Å². The second-order valence-corrected chi connectivity index (χ2v) is 4.68. The number of halogens is 1. The van der Waals surface area contributed by atoms with Crippen LogP contribution in [-0.2, 0) is 6.54 Å². The molecule has 5 heteroatoms. The lowest BCUT2D eigenvalue weighted by Crippen LogP contribution is -2.08. The number of hydrogen-bond acceptors (Lipinski definition) is 4. The molecule has 0 unspecified atom stereocenters. The van der Waals surface area contributed by atoms with Crippen LogP contribution in [0.2, 0.25) is 5.02 Å². The minimum atomic E-state index is 0.640. The molecule has 2 rings (SSSR count). The van der Waals surface area contributed by atoms with Crippen molar-refractivity contribution in [1.82, 2.24) is 9.97 Å². The summed E-state index contributed by atoms with van der Waals surface area (Å²) in [5, 5.41) is 7.15. The van der Waals surface area contributed by atoms with E-state index in [1.54, 1.807) is 0 Å². The molecule has 0 atom stereocenters. The largest absolute Gasteiger partial charge is 0.366 e. The van der Waals surface area contributed by atoms with Gasteiger partial charge in [-0.1, -0.05) is 23.7 Å². The summed E-state index contributed by atoms with van der Waals surface area (Å²) in [6.45, 7) is 5.49. The van der Waals surface area contributed by atoms with Gasteiger partial charge in [-0.05, 0) is 31.5 Å². The van der Waals surface area contributed by atoms with Gasteiger partial charge in [0.15, 0.2) is 0 Å². The maximum absolute atomic E-state index is 5.96. The van der Waals surface area contributed by atoms with Crippen LogP contribution in [0.3, 0.4) is 0 Å². The fourth-order valence-corrected chi connectivity index (χ4v) is 1.91. The zero-order valence-electron chi connectivity index (χ0n) is 11.1. The Morgan fingerprint density at radius 2 is 2.11 bits per heavy atom. The van der Waals surface area contributed by atoms with E-state index in [0.29, 0.717) is 12.5 Å². The molecule has 0 saturated heterocycles. The summed E-state index contributed by atoms with van der Waals surface area (Å²) >= 11 is 5.96. The highest BCUT2D eigenvalue weighted by atomic mass is 35.5. The smallest absolute Gasteiger partial charge is 0.224 e. The van der Waals surface area contributed by atoms with Crippen LogP contribution in [0.5, 0.6) is 0 Å². The van der Waals surface area contributed by atoms with E-state index in [2.05, 4.69) is 20.6 Å². The Hall–Kier alpha value is -1.81. The number of nitrogens with zero attached hydrogens (tertiary/aromatic N) is 2. The molecule has 2 aromatic rings. The third-order valence-corrected chi connectivity index (χ3v) is 2.89. The van der Waals surface area contributed by atoms with Crippen molar-refractivity contribution < 1.29 is 0 Å². The number of anilines is 2. The van der Waals surface area contributed by atoms with Crippen LogP contribution in [-0.4, -0.2) is 16.5 Å². The van der Waals surface area contributed by atoms with Gasteiger partial charge < -0.3 is 10.6 Å². The Kier molecular flexibility index (Phi) is 4.58. The highest BCUT2D eigenvalue weighted by molar-refractivity contribution is 6.30. The zero-order valence-corrected chi connectivity index (χ0v) is 11.8. The molecular weight excluding hydrogens is 260 g/mol. The van der Waals surface area contributed by atoms with Gasteiger partial charge in [-0.2, -0.15) is 4.98 Å². The first-order valence-corrected chi connectivity index (χ1v) is 6.62. The Bertz CT molecular complexity index is 557. The van der Waals surface area contributed by atoms with Crippen molar-refractivity contribution in [2.75, 3.05) is 17.2 Å². The predicted octanol–water partition coefficient (Wildman–Crippen LogP) is 3.48. The van der Waals surface area contributed by atoms with E-state index in [4.69, 9.17) is 11.6 Å². The quantitative estimate of drug-likeness (QED) is 0.878. The van der Waals surface area contributed by atoms with Crippen molar-refractivity contribution in [1.29, 1.82) is 0 Å². The average molecular weight is 277 g/mol. The summed E-state index contributed by atoms with van der Waals surface area (Å²) in [4.78, 5) is 8.65. The van der Waals surface area contributed by atoms with Gasteiger partial charge in [-0.15, -0.1) is 0 Å². The van der Waals surface area contributed by atoms with Crippen molar-refractivity contribution in [3.63, 3.8) is 0 Å². The summed E-state index contributed by atoms with van der Waals surface area (Å²) in [6.07, 6.45) is 1.81. The molecule has 1 aromatic heterocycles. The van der Waals surface area contributed by atoms with E-state index in [1.807, 2.05) is 44.3 Å². The molecule has 0 fully saturated rings. The summed E-state index contributed by atoms with van der Waals surface area (Å²) in [5.74, 6) is 1.48. The van der Waals surface area contributed by atoms with Gasteiger partial charge in [0.1, 0.15) is 5.82 Å². The molecule has 0 spiro atoms. The van der Waals surface area contributed by atoms with E-state index < -0.39 is 0 Å². The summed E-state index contributed by atoms with van der Waals surface area (Å²) in [6, 6.07) is 7.78. The third kappa shape index (κ3) is 3.83. The Labute approximate surface area is 118 Å². The van der Waals surface area contributed by atoms with Crippen LogP contribution in [0, 0.1) is 6.92 Å². The predicted molar refractivity (Wildman–Crippen MR) is 79.7 cm³/mol. The fraction of sp³-hybridized carbons (Fsp3) is 0.286. The van der Waals surface area contributed by atoms with Crippen molar-refractivity contribution in [3.8, 4) is 0 Å². The van der Waals surface area contributed by atoms with Crippen LogP contribution in [0.1, 0.15) is 18.1 Å². The van der Waals surface area contributed by atoms with Crippen LogP contribution < -0.4 is 10.6 Å². The summed E-state index contributed by atoms with van der Waals surface area (Å²) in [7, 11) is 0. The number of rotatable bonds is 5. The minimum absolute atomic E-state index is 0.640. The van der Waals surface area contributed by atoms with Gasteiger partial charge >= 0.3 is 0 Å². The fourth-order valence-electron chi connectivity index (χ4n) is 1.70. The van der Waals surface area contributed by atoms with E-state index in [0.717, 1.165) is 28.5 Å². The van der Waals surface area contributed by atoms with Crippen LogP contribution >= 0.6 is 11.6 Å². The maximum atomic E-state index is 5.96. The highest BCUT2D eigenvalue weighted by Gasteiger charge is 2.03. The minimum Gasteiger partial charge on any atom is -0.366 e. The highest BCUT2D eigenvalue weighted by Crippen LogP contribution is 2.15. The number of nitrogens with one attached hydrogen (secondary N) is 2. The Balaban J connectivity index is 2.08. The van der Waals surface area contributed by atoms with Gasteiger partial charge in [-0.3, -0.25) is 0 Å². The van der Waals surface area contributed by atoms with Crippen LogP contribution in [0.15, 0.2) is 30.5 Å². The zero-order chi connectivity index (χ0) is 13.7. The van der Waals surface area contributed by atoms with Crippen LogP contribution in [0.4, 0.5) is 11.8 Å². The molecule has 0 radical (unpaired) electrons. The molecule has 1 heterocycles. The average Bonchev–Trinajstić information content (AvgIpc) is 2.40. The summed E-state index contributed by atoms with van der Waals surface area (Å²) < 4.78 is 0. The van der Waals surface area contributed by atoms with Gasteiger partial charge in [0.25, 0.3) is 0 Å². The topological polar surface area (TPSA) is 49.8 Å². The number of aryl methyl sites for hydroxylation is 1. The van der Waals surface area contributed by atoms with Crippen molar-refractivity contribution in [2.45, 2.75) is 20.4 Å². The first-order chi connectivity index (χ1) is 9.19. The first kappa shape index (κ1) is 13.6. The molecule has 1 aromatic carbocycles. The number of aromatic nitrogens is 2. The Morgan fingerprint density at radius 3 is 2.84 bits per heavy atom. The molecule has 0 amide bonds. The lowest BCUT2D eigenvalue weighted by molar-refractivity contribution is 1.04. The molecule has 0 bridgehead atoms. The molecular formula is C14H17ClN4. The third-order valence-electron chi connectivity index (χ3n) is 2.66. The monoisotopic (exact) mass is 276 g/mol. The molecule has 0 aliphatic carbocycles. The van der Waals surface area contributed by atoms with Gasteiger partial charge in [0.05, 0.1) is 0 Å². The second kappa shape index (κ2) is 6.38. The molecule has 19 heavy (non-hydrogen) atoms. The number of hydrogen-bond donors (Lipinski definition) is 2. The van der Waals surface area contributed by atoms with Crippen LogP contribution in [0.25, 0.3) is 0 Å². The Morgan fingerprint density at radius 1 is 1.26 bits per heavy atom. The van der Waals surface area contributed by atoms with Crippen molar-refractivity contribution in [3.05, 3.63) is 46.6 Å². The van der Waals surface area contributed by atoms with E-state index in [9.17, 15) is 0 Å². The normalized spacial score (nSPS) is 10.3. The molecule has 4 nitrogen and oxygen atoms in total. The lowest BCUT2D eigenvalue weighted by atomic mass is 10.2. The second-order valence-electron chi connectivity index (χ2n) is 4.24. The molecule has 0 saturated carbocycles. The number of benzene rings is 1. The SMILES string of the molecule is CCNc1ncc(C)c(NCc2cccc(Cl)c2)n1. The molecule has 2 N–H and O–H groups in total. The molecule has 0 aliphatic rings. The first-order valence-electron chi connectivity index (χ1n) is 6.25. The van der Waals surface area contributed by atoms with Gasteiger partial charge in [0.2, 0.25) is 5.95 Å².